The number of hydrogen-bond donors (Lipinski definition) is 2. The molecule has 1 fully saturated rings. The second-order valence-corrected chi connectivity index (χ2v) is 5.48. The van der Waals surface area contributed by atoms with Crippen molar-refractivity contribution in [3.63, 3.8) is 0 Å². The van der Waals surface area contributed by atoms with Crippen LogP contribution in [0.25, 0.3) is 0 Å². The number of carbonyl (C=O) groups excluding carboxylic acids is 1. The Bertz CT molecular complexity index is 220. The lowest BCUT2D eigenvalue weighted by Gasteiger charge is -2.29. The summed E-state index contributed by atoms with van der Waals surface area (Å²) in [6.07, 6.45) is 4.94. The second kappa shape index (κ2) is 4.53. The molecule has 0 heterocycles. The predicted octanol–water partition coefficient (Wildman–Crippen LogP) is 1.12. The van der Waals surface area contributed by atoms with E-state index in [1.54, 1.807) is 0 Å². The van der Waals surface area contributed by atoms with Gasteiger partial charge in [-0.25, -0.2) is 0 Å². The second-order valence-electron chi connectivity index (χ2n) is 4.35. The van der Waals surface area contributed by atoms with E-state index in [4.69, 9.17) is 5.73 Å². The van der Waals surface area contributed by atoms with Gasteiger partial charge in [0, 0.05) is 11.3 Å². The van der Waals surface area contributed by atoms with Crippen LogP contribution in [0.3, 0.4) is 0 Å². The highest BCUT2D eigenvalue weighted by atomic mass is 32.2. The predicted molar refractivity (Wildman–Crippen MR) is 61.4 cm³/mol. The molecular formula is C10H20N2OS. The van der Waals surface area contributed by atoms with Gasteiger partial charge in [0.25, 0.3) is 0 Å². The maximum atomic E-state index is 11.5. The van der Waals surface area contributed by atoms with Crippen LogP contribution in [0.15, 0.2) is 0 Å². The zero-order chi connectivity index (χ0) is 10.8. The Balaban J connectivity index is 2.70. The number of thioether (sulfide) groups is 1. The molecule has 2 unspecified atom stereocenters. The molecule has 1 aliphatic carbocycles. The highest BCUT2D eigenvalue weighted by molar-refractivity contribution is 7.99. The van der Waals surface area contributed by atoms with Gasteiger partial charge in [-0.2, -0.15) is 11.8 Å². The first-order chi connectivity index (χ1) is 6.50. The third-order valence-corrected chi connectivity index (χ3v) is 3.91. The number of amides is 1. The van der Waals surface area contributed by atoms with Crippen molar-refractivity contribution >= 4 is 17.7 Å². The van der Waals surface area contributed by atoms with Gasteiger partial charge in [0.15, 0.2) is 0 Å². The van der Waals surface area contributed by atoms with Crippen LogP contribution in [0.2, 0.25) is 0 Å². The fraction of sp³-hybridized carbons (Fsp3) is 0.900. The molecule has 0 aromatic rings. The summed E-state index contributed by atoms with van der Waals surface area (Å²) in [7, 11) is 0. The van der Waals surface area contributed by atoms with Crippen molar-refractivity contribution in [3.05, 3.63) is 0 Å². The number of rotatable bonds is 4. The smallest absolute Gasteiger partial charge is 0.237 e. The van der Waals surface area contributed by atoms with Gasteiger partial charge < -0.3 is 11.1 Å². The van der Waals surface area contributed by atoms with E-state index in [0.29, 0.717) is 11.3 Å². The number of nitrogens with two attached hydrogens (primary N) is 1. The van der Waals surface area contributed by atoms with E-state index >= 15 is 0 Å². The topological polar surface area (TPSA) is 55.1 Å². The van der Waals surface area contributed by atoms with Crippen LogP contribution >= 0.6 is 11.8 Å². The van der Waals surface area contributed by atoms with Crippen molar-refractivity contribution in [2.45, 2.75) is 49.9 Å². The Morgan fingerprint density at radius 2 is 2.29 bits per heavy atom. The summed E-state index contributed by atoms with van der Waals surface area (Å²) < 4.78 is 0. The molecule has 0 spiro atoms. The highest BCUT2D eigenvalue weighted by Crippen LogP contribution is 2.36. The summed E-state index contributed by atoms with van der Waals surface area (Å²) in [5, 5.41) is 3.91. The van der Waals surface area contributed by atoms with Crippen LogP contribution in [0.1, 0.15) is 33.1 Å². The Morgan fingerprint density at radius 1 is 1.64 bits per heavy atom. The molecule has 1 saturated carbocycles. The zero-order valence-corrected chi connectivity index (χ0v) is 9.99. The van der Waals surface area contributed by atoms with Gasteiger partial charge in [-0.15, -0.1) is 0 Å². The number of nitrogens with one attached hydrogen (secondary N) is 1. The van der Waals surface area contributed by atoms with Gasteiger partial charge in [-0.3, -0.25) is 4.79 Å². The minimum atomic E-state index is -0.443. The van der Waals surface area contributed by atoms with Crippen LogP contribution in [-0.2, 0) is 4.79 Å². The summed E-state index contributed by atoms with van der Waals surface area (Å²) in [6, 6.07) is 0.308. The third-order valence-electron chi connectivity index (χ3n) is 2.84. The molecule has 4 heteroatoms. The molecule has 2 atom stereocenters. The molecule has 82 valence electrons. The van der Waals surface area contributed by atoms with E-state index in [-0.39, 0.29) is 5.91 Å². The fourth-order valence-corrected chi connectivity index (χ4v) is 2.98. The first kappa shape index (κ1) is 11.9. The third kappa shape index (κ3) is 2.42. The lowest BCUT2D eigenvalue weighted by atomic mass is 9.96. The number of hydrogen-bond acceptors (Lipinski definition) is 3. The monoisotopic (exact) mass is 216 g/mol. The van der Waals surface area contributed by atoms with E-state index in [1.165, 1.54) is 0 Å². The van der Waals surface area contributed by atoms with E-state index < -0.39 is 5.54 Å². The van der Waals surface area contributed by atoms with Crippen molar-refractivity contribution in [1.82, 2.24) is 5.32 Å². The van der Waals surface area contributed by atoms with Crippen molar-refractivity contribution in [2.75, 3.05) is 6.26 Å². The Labute approximate surface area is 90.2 Å². The number of carbonyl (C=O) groups is 1. The maximum Gasteiger partial charge on any atom is 0.237 e. The summed E-state index contributed by atoms with van der Waals surface area (Å²) in [5.74, 6) is -0.192. The van der Waals surface area contributed by atoms with Crippen molar-refractivity contribution < 1.29 is 4.79 Å². The molecule has 1 amide bonds. The normalized spacial score (nSPS) is 32.4. The Kier molecular flexibility index (Phi) is 3.84. The SMILES string of the molecule is CSC1CCC(NC(C)C)(C(N)=O)C1. The van der Waals surface area contributed by atoms with Crippen molar-refractivity contribution in [1.29, 1.82) is 0 Å². The quantitative estimate of drug-likeness (QED) is 0.740. The molecule has 1 aliphatic rings. The molecule has 0 aliphatic heterocycles. The van der Waals surface area contributed by atoms with Crippen LogP contribution in [0, 0.1) is 0 Å². The Hall–Kier alpha value is -0.220. The lowest BCUT2D eigenvalue weighted by Crippen LogP contribution is -2.56. The summed E-state index contributed by atoms with van der Waals surface area (Å²) in [4.78, 5) is 11.5. The summed E-state index contributed by atoms with van der Waals surface area (Å²) >= 11 is 1.83. The van der Waals surface area contributed by atoms with Crippen LogP contribution in [0.5, 0.6) is 0 Å². The molecule has 0 saturated heterocycles. The van der Waals surface area contributed by atoms with Crippen LogP contribution in [0.4, 0.5) is 0 Å². The van der Waals surface area contributed by atoms with Crippen molar-refractivity contribution in [3.8, 4) is 0 Å². The van der Waals surface area contributed by atoms with E-state index in [2.05, 4.69) is 25.4 Å². The minimum Gasteiger partial charge on any atom is -0.368 e. The molecule has 3 nitrogen and oxygen atoms in total. The van der Waals surface area contributed by atoms with Gasteiger partial charge in [0.05, 0.1) is 5.54 Å². The summed E-state index contributed by atoms with van der Waals surface area (Å²) in [6.45, 7) is 4.11. The first-order valence-corrected chi connectivity index (χ1v) is 6.39. The maximum absolute atomic E-state index is 11.5. The Morgan fingerprint density at radius 3 is 2.64 bits per heavy atom. The highest BCUT2D eigenvalue weighted by Gasteiger charge is 2.43. The average Bonchev–Trinajstić information content (AvgIpc) is 2.48. The van der Waals surface area contributed by atoms with Gasteiger partial charge in [0.2, 0.25) is 5.91 Å². The van der Waals surface area contributed by atoms with E-state index in [1.807, 2.05) is 11.8 Å². The summed E-state index contributed by atoms with van der Waals surface area (Å²) in [5.41, 5.74) is 5.04. The molecule has 0 aromatic carbocycles. The first-order valence-electron chi connectivity index (χ1n) is 5.10. The molecule has 1 rings (SSSR count). The molecule has 3 N–H and O–H groups in total. The van der Waals surface area contributed by atoms with Gasteiger partial charge in [0.1, 0.15) is 0 Å². The molecule has 0 bridgehead atoms. The largest absolute Gasteiger partial charge is 0.368 e. The van der Waals surface area contributed by atoms with Crippen LogP contribution < -0.4 is 11.1 Å². The van der Waals surface area contributed by atoms with Gasteiger partial charge in [-0.05, 0) is 39.4 Å². The van der Waals surface area contributed by atoms with E-state index in [0.717, 1.165) is 19.3 Å². The van der Waals surface area contributed by atoms with E-state index in [9.17, 15) is 4.79 Å². The molecule has 0 aromatic heterocycles. The van der Waals surface area contributed by atoms with Crippen LogP contribution in [-0.4, -0.2) is 29.0 Å². The zero-order valence-electron chi connectivity index (χ0n) is 9.17. The van der Waals surface area contributed by atoms with Gasteiger partial charge in [-0.1, -0.05) is 0 Å². The standard InChI is InChI=1S/C10H20N2OS/c1-7(2)12-10(9(11)13)5-4-8(6-10)14-3/h7-8,12H,4-6H2,1-3H3,(H2,11,13). The molecular weight excluding hydrogens is 196 g/mol. The minimum absolute atomic E-state index is 0.192. The fourth-order valence-electron chi connectivity index (χ4n) is 2.18. The van der Waals surface area contributed by atoms with Gasteiger partial charge >= 0.3 is 0 Å². The average molecular weight is 216 g/mol. The van der Waals surface area contributed by atoms with Crippen molar-refractivity contribution in [2.24, 2.45) is 5.73 Å². The number of primary amides is 1. The lowest BCUT2D eigenvalue weighted by molar-refractivity contribution is -0.124. The molecule has 14 heavy (non-hydrogen) atoms. The molecule has 0 radical (unpaired) electrons.